The molecule has 0 radical (unpaired) electrons. The first-order chi connectivity index (χ1) is 17.3. The van der Waals surface area contributed by atoms with Crippen molar-refractivity contribution in [2.24, 2.45) is 11.0 Å². The minimum absolute atomic E-state index is 0.181. The summed E-state index contributed by atoms with van der Waals surface area (Å²) in [5.74, 6) is -0.855. The van der Waals surface area contributed by atoms with Gasteiger partial charge in [0.1, 0.15) is 30.5 Å². The highest BCUT2D eigenvalue weighted by atomic mass is 16.8. The van der Waals surface area contributed by atoms with E-state index in [1.54, 1.807) is 6.92 Å². The molecule has 0 aliphatic carbocycles. The molecule has 0 amide bonds. The molecule has 3 saturated heterocycles. The summed E-state index contributed by atoms with van der Waals surface area (Å²) in [7, 11) is 0. The Morgan fingerprint density at radius 2 is 1.89 bits per heavy atom. The van der Waals surface area contributed by atoms with Gasteiger partial charge in [-0.15, -0.1) is 0 Å². The summed E-state index contributed by atoms with van der Waals surface area (Å²) in [6, 6.07) is 8.71. The highest BCUT2D eigenvalue weighted by Gasteiger charge is 2.55. The topological polar surface area (TPSA) is 176 Å². The van der Waals surface area contributed by atoms with E-state index in [4.69, 9.17) is 43.5 Å². The molecule has 3 heterocycles. The number of aliphatic hydroxyl groups is 1. The molecule has 0 aromatic heterocycles. The number of hydrogen-bond acceptors (Lipinski definition) is 11. The van der Waals surface area contributed by atoms with E-state index in [-0.39, 0.29) is 18.7 Å². The highest BCUT2D eigenvalue weighted by Crippen LogP contribution is 2.37. The molecule has 4 rings (SSSR count). The average Bonchev–Trinajstić information content (AvgIpc) is 3.29. The minimum Gasteiger partial charge on any atom is -0.459 e. The number of azide groups is 1. The van der Waals surface area contributed by atoms with E-state index in [2.05, 4.69) is 10.0 Å². The zero-order valence-electron chi connectivity index (χ0n) is 20.0. The molecule has 1 aromatic carbocycles. The molecule has 3 fully saturated rings. The van der Waals surface area contributed by atoms with Crippen LogP contribution in [0.25, 0.3) is 10.4 Å². The van der Waals surface area contributed by atoms with E-state index < -0.39 is 61.2 Å². The Morgan fingerprint density at radius 1 is 1.19 bits per heavy atom. The molecule has 2 bridgehead atoms. The van der Waals surface area contributed by atoms with Crippen LogP contribution in [0, 0.1) is 5.92 Å². The van der Waals surface area contributed by atoms with Crippen molar-refractivity contribution in [1.29, 1.82) is 0 Å². The van der Waals surface area contributed by atoms with Crippen LogP contribution in [0.15, 0.2) is 35.4 Å². The van der Waals surface area contributed by atoms with Gasteiger partial charge in [0.05, 0.1) is 25.4 Å². The van der Waals surface area contributed by atoms with Crippen molar-refractivity contribution in [1.82, 2.24) is 0 Å². The Bertz CT molecular complexity index is 953. The van der Waals surface area contributed by atoms with Crippen LogP contribution in [-0.2, 0) is 49.4 Å². The Morgan fingerprint density at radius 3 is 2.53 bits per heavy atom. The van der Waals surface area contributed by atoms with Gasteiger partial charge < -0.3 is 33.5 Å². The number of fused-ring (bicyclic) bond motifs is 2. The van der Waals surface area contributed by atoms with Crippen LogP contribution in [0.5, 0.6) is 0 Å². The van der Waals surface area contributed by atoms with E-state index in [1.165, 1.54) is 6.92 Å². The normalized spacial score (nSPS) is 37.0. The lowest BCUT2D eigenvalue weighted by atomic mass is 9.90. The maximum Gasteiger partial charge on any atom is 0.373 e. The Labute approximate surface area is 207 Å². The van der Waals surface area contributed by atoms with E-state index in [0.29, 0.717) is 6.61 Å². The molecule has 0 spiro atoms. The van der Waals surface area contributed by atoms with E-state index in [0.717, 1.165) is 5.56 Å². The van der Waals surface area contributed by atoms with Gasteiger partial charge in [-0.05, 0) is 18.0 Å². The second-order valence-electron chi connectivity index (χ2n) is 8.65. The number of benzene rings is 1. The van der Waals surface area contributed by atoms with E-state index >= 15 is 0 Å². The second-order valence-corrected chi connectivity index (χ2v) is 8.65. The molecule has 3 aliphatic heterocycles. The number of nitrogens with zero attached hydrogens (tertiary/aromatic N) is 3. The number of ether oxygens (including phenoxy) is 6. The molecule has 1 N–H and O–H groups in total. The molecule has 4 unspecified atom stereocenters. The molecule has 0 saturated carbocycles. The Balaban J connectivity index is 0.00000115. The third kappa shape index (κ3) is 6.47. The van der Waals surface area contributed by atoms with Crippen LogP contribution in [0.4, 0.5) is 0 Å². The zero-order chi connectivity index (χ0) is 26.2. The van der Waals surface area contributed by atoms with Gasteiger partial charge in [-0.2, -0.15) is 9.59 Å². The monoisotopic (exact) mass is 507 g/mol. The fourth-order valence-electron chi connectivity index (χ4n) is 4.53. The SMILES string of the molecule is CC(=O)OC1[C@H](N=[N+]=[N-])C2OC[C@@H](O2)[C@H]1O[C@@H]1OC(C)[C@@H](O)[C@H](C)C1OCc1ccccc1.O=C=O. The smallest absolute Gasteiger partial charge is 0.373 e. The number of rotatable bonds is 7. The number of aliphatic hydroxyl groups excluding tert-OH is 1. The van der Waals surface area contributed by atoms with Gasteiger partial charge in [0, 0.05) is 17.8 Å². The summed E-state index contributed by atoms with van der Waals surface area (Å²) in [6.07, 6.45) is -5.67. The summed E-state index contributed by atoms with van der Waals surface area (Å²) in [5, 5.41) is 14.3. The molecule has 3 aliphatic rings. The minimum atomic E-state index is -0.930. The fourth-order valence-corrected chi connectivity index (χ4v) is 4.53. The number of carbonyl (C=O) groups excluding carboxylic acids is 3. The molecular formula is C23H29N3O10. The summed E-state index contributed by atoms with van der Waals surface area (Å²) >= 11 is 0. The Kier molecular flexibility index (Phi) is 9.94. The van der Waals surface area contributed by atoms with Gasteiger partial charge >= 0.3 is 12.1 Å². The van der Waals surface area contributed by atoms with Crippen LogP contribution in [-0.4, -0.2) is 79.1 Å². The molecule has 10 atom stereocenters. The maximum absolute atomic E-state index is 11.8. The first kappa shape index (κ1) is 27.7. The van der Waals surface area contributed by atoms with Gasteiger partial charge in [-0.25, -0.2) is 0 Å². The maximum atomic E-state index is 11.8. The van der Waals surface area contributed by atoms with Gasteiger partial charge in [0.25, 0.3) is 0 Å². The molecule has 13 heteroatoms. The number of esters is 1. The van der Waals surface area contributed by atoms with Crippen LogP contribution in [0.2, 0.25) is 0 Å². The Hall–Kier alpha value is -2.86. The summed E-state index contributed by atoms with van der Waals surface area (Å²) < 4.78 is 35.4. The van der Waals surface area contributed by atoms with Gasteiger partial charge in [0.2, 0.25) is 0 Å². The third-order valence-corrected chi connectivity index (χ3v) is 6.26. The third-order valence-electron chi connectivity index (χ3n) is 6.26. The standard InChI is InChI=1S/C22H29N3O8.CO2/c1-11-17(27)12(2)30-22(18(11)28-9-14-7-5-4-6-8-14)33-19-15-10-29-21(32-15)16(24-25-23)20(19)31-13(3)26;2-1-3/h4-8,11-12,15-22,27H,9-10H2,1-3H3;/t11-,12?,15+,16-,17-,18?,19+,20?,21?,22-;/m0./s1. The lowest BCUT2D eigenvalue weighted by molar-refractivity contribution is -0.325. The summed E-state index contributed by atoms with van der Waals surface area (Å²) in [4.78, 5) is 30.9. The quantitative estimate of drug-likeness (QED) is 0.246. The number of hydrogen-bond donors (Lipinski definition) is 1. The van der Waals surface area contributed by atoms with E-state index in [1.807, 2.05) is 37.3 Å². The predicted molar refractivity (Wildman–Crippen MR) is 118 cm³/mol. The van der Waals surface area contributed by atoms with Gasteiger partial charge in [-0.1, -0.05) is 42.4 Å². The molecule has 13 nitrogen and oxygen atoms in total. The van der Waals surface area contributed by atoms with Crippen LogP contribution in [0.3, 0.4) is 0 Å². The first-order valence-corrected chi connectivity index (χ1v) is 11.4. The fraction of sp³-hybridized carbons (Fsp3) is 0.652. The summed E-state index contributed by atoms with van der Waals surface area (Å²) in [6.45, 7) is 5.37. The van der Waals surface area contributed by atoms with E-state index in [9.17, 15) is 9.90 Å². The zero-order valence-corrected chi connectivity index (χ0v) is 20.0. The molecular weight excluding hydrogens is 478 g/mol. The lowest BCUT2D eigenvalue weighted by Crippen LogP contribution is -2.60. The van der Waals surface area contributed by atoms with Crippen LogP contribution in [0.1, 0.15) is 26.3 Å². The highest BCUT2D eigenvalue weighted by molar-refractivity contribution is 5.66. The second kappa shape index (κ2) is 12.9. The van der Waals surface area contributed by atoms with Crippen molar-refractivity contribution >= 4 is 12.1 Å². The largest absolute Gasteiger partial charge is 0.459 e. The molecule has 196 valence electrons. The van der Waals surface area contributed by atoms with Crippen LogP contribution < -0.4 is 0 Å². The molecule has 1 aromatic rings. The predicted octanol–water partition coefficient (Wildman–Crippen LogP) is 1.48. The van der Waals surface area contributed by atoms with Crippen molar-refractivity contribution in [3.8, 4) is 0 Å². The van der Waals surface area contributed by atoms with Gasteiger partial charge in [0.15, 0.2) is 12.6 Å². The van der Waals surface area contributed by atoms with Crippen molar-refractivity contribution in [2.45, 2.75) is 82.6 Å². The van der Waals surface area contributed by atoms with Crippen molar-refractivity contribution < 1.29 is 47.9 Å². The van der Waals surface area contributed by atoms with Crippen LogP contribution >= 0.6 is 0 Å². The average molecular weight is 507 g/mol. The first-order valence-electron chi connectivity index (χ1n) is 11.4. The van der Waals surface area contributed by atoms with Crippen molar-refractivity contribution in [3.05, 3.63) is 46.3 Å². The lowest BCUT2D eigenvalue weighted by Gasteiger charge is -2.46. The molecule has 36 heavy (non-hydrogen) atoms. The van der Waals surface area contributed by atoms with Crippen molar-refractivity contribution in [2.75, 3.05) is 6.61 Å². The summed E-state index contributed by atoms with van der Waals surface area (Å²) in [5.41, 5.74) is 9.98. The number of carbonyl (C=O) groups is 1. The van der Waals surface area contributed by atoms with Gasteiger partial charge in [-0.3, -0.25) is 4.79 Å². The van der Waals surface area contributed by atoms with Crippen molar-refractivity contribution in [3.63, 3.8) is 0 Å².